The molecule has 0 fully saturated rings. The van der Waals surface area contributed by atoms with Crippen molar-refractivity contribution in [2.24, 2.45) is 0 Å². The van der Waals surface area contributed by atoms with E-state index in [-0.39, 0.29) is 0 Å². The van der Waals surface area contributed by atoms with E-state index in [0.29, 0.717) is 0 Å². The smallest absolute Gasteiger partial charge is 0.145 e. The average Bonchev–Trinajstić information content (AvgIpc) is 3.82. The third-order valence-corrected chi connectivity index (χ3v) is 11.1. The first-order valence-corrected chi connectivity index (χ1v) is 18.3. The van der Waals surface area contributed by atoms with Crippen molar-refractivity contribution in [3.8, 4) is 61.0 Å². The molecule has 0 bridgehead atoms. The summed E-state index contributed by atoms with van der Waals surface area (Å²) in [6, 6.07) is 66.5. The van der Waals surface area contributed by atoms with Crippen LogP contribution in [0.3, 0.4) is 0 Å². The molecule has 0 aliphatic heterocycles. The van der Waals surface area contributed by atoms with Gasteiger partial charge in [0.1, 0.15) is 5.82 Å². The van der Waals surface area contributed by atoms with Gasteiger partial charge >= 0.3 is 0 Å². The molecule has 10 rings (SSSR count). The van der Waals surface area contributed by atoms with E-state index in [4.69, 9.17) is 9.97 Å². The molecule has 10 aromatic rings. The van der Waals surface area contributed by atoms with Crippen LogP contribution in [-0.2, 0) is 0 Å². The second-order valence-electron chi connectivity index (χ2n) is 13.0. The van der Waals surface area contributed by atoms with Crippen LogP contribution < -0.4 is 0 Å². The van der Waals surface area contributed by atoms with E-state index in [2.05, 4.69) is 180 Å². The summed E-state index contributed by atoms with van der Waals surface area (Å²) >= 11 is 1.86. The van der Waals surface area contributed by atoms with Gasteiger partial charge in [-0.1, -0.05) is 152 Å². The van der Waals surface area contributed by atoms with Crippen LogP contribution in [0.5, 0.6) is 0 Å². The molecule has 0 aliphatic carbocycles. The van der Waals surface area contributed by atoms with Gasteiger partial charge in [0, 0.05) is 42.7 Å². The first-order valence-electron chi connectivity index (χ1n) is 17.5. The van der Waals surface area contributed by atoms with Gasteiger partial charge in [0.05, 0.1) is 22.2 Å². The van der Waals surface area contributed by atoms with Crippen LogP contribution >= 0.6 is 11.3 Å². The van der Waals surface area contributed by atoms with Crippen molar-refractivity contribution in [2.75, 3.05) is 0 Å². The van der Waals surface area contributed by atoms with E-state index in [1.54, 1.807) is 0 Å². The van der Waals surface area contributed by atoms with Crippen LogP contribution in [0.2, 0.25) is 0 Å². The summed E-state index contributed by atoms with van der Waals surface area (Å²) in [5.41, 5.74) is 13.3. The Kier molecular flexibility index (Phi) is 7.33. The van der Waals surface area contributed by atoms with Gasteiger partial charge in [0.2, 0.25) is 0 Å². The normalized spacial score (nSPS) is 11.5. The number of rotatable bonds is 6. The van der Waals surface area contributed by atoms with Crippen molar-refractivity contribution in [2.45, 2.75) is 0 Å². The second-order valence-corrected chi connectivity index (χ2v) is 14.0. The van der Waals surface area contributed by atoms with E-state index < -0.39 is 0 Å². The van der Waals surface area contributed by atoms with E-state index in [1.807, 2.05) is 23.5 Å². The summed E-state index contributed by atoms with van der Waals surface area (Å²) in [5, 5.41) is 2.37. The molecule has 0 unspecified atom stereocenters. The van der Waals surface area contributed by atoms with Crippen molar-refractivity contribution in [1.82, 2.24) is 14.5 Å². The van der Waals surface area contributed by atoms with Crippen LogP contribution in [0.1, 0.15) is 0 Å². The summed E-state index contributed by atoms with van der Waals surface area (Å²) < 4.78 is 3.51. The van der Waals surface area contributed by atoms with Gasteiger partial charge in [-0.05, 0) is 58.7 Å². The van der Waals surface area contributed by atoms with Crippen molar-refractivity contribution in [3.05, 3.63) is 188 Å². The topological polar surface area (TPSA) is 30.7 Å². The molecule has 0 N–H and O–H groups in total. The fourth-order valence-electron chi connectivity index (χ4n) is 7.38. The number of hydrogen-bond acceptors (Lipinski definition) is 3. The number of aromatic nitrogens is 3. The molecular formula is C48H31N3S. The third kappa shape index (κ3) is 5.12. The minimum Gasteiger partial charge on any atom is -0.292 e. The van der Waals surface area contributed by atoms with Gasteiger partial charge in [-0.2, -0.15) is 0 Å². The SMILES string of the molecule is c1ccc(-c2sc3c(c(-c4cccc(-c5ccc(-c6nc7ccccc7n6-c6ccccc6)cc5)c4)nc4ccccc43)c2-c2ccccc2)cc1. The number of hydrogen-bond donors (Lipinski definition) is 0. The summed E-state index contributed by atoms with van der Waals surface area (Å²) in [5.74, 6) is 0.926. The van der Waals surface area contributed by atoms with Crippen LogP contribution in [0.15, 0.2) is 188 Å². The Bertz CT molecular complexity index is 2870. The van der Waals surface area contributed by atoms with Gasteiger partial charge in [0.15, 0.2) is 0 Å². The lowest BCUT2D eigenvalue weighted by molar-refractivity contribution is 1.10. The average molecular weight is 682 g/mol. The first-order chi connectivity index (χ1) is 25.8. The van der Waals surface area contributed by atoms with Crippen LogP contribution in [-0.4, -0.2) is 14.5 Å². The molecule has 0 atom stereocenters. The van der Waals surface area contributed by atoms with Gasteiger partial charge in [-0.3, -0.25) is 4.57 Å². The zero-order valence-corrected chi connectivity index (χ0v) is 29.0. The van der Waals surface area contributed by atoms with Crippen molar-refractivity contribution in [3.63, 3.8) is 0 Å². The molecular weight excluding hydrogens is 651 g/mol. The van der Waals surface area contributed by atoms with Gasteiger partial charge in [-0.25, -0.2) is 9.97 Å². The maximum atomic E-state index is 5.41. The van der Waals surface area contributed by atoms with Gasteiger partial charge in [0.25, 0.3) is 0 Å². The summed E-state index contributed by atoms with van der Waals surface area (Å²) in [7, 11) is 0. The number of benzene rings is 7. The number of imidazole rings is 1. The van der Waals surface area contributed by atoms with Crippen molar-refractivity contribution in [1.29, 1.82) is 0 Å². The Morgan fingerprint density at radius 2 is 1.02 bits per heavy atom. The molecule has 3 heterocycles. The monoisotopic (exact) mass is 681 g/mol. The molecule has 0 saturated carbocycles. The number of para-hydroxylation sites is 4. The molecule has 3 aromatic heterocycles. The highest BCUT2D eigenvalue weighted by Gasteiger charge is 2.23. The highest BCUT2D eigenvalue weighted by Crippen LogP contribution is 2.50. The second kappa shape index (κ2) is 12.6. The first kappa shape index (κ1) is 30.2. The molecule has 0 saturated heterocycles. The summed E-state index contributed by atoms with van der Waals surface area (Å²) in [6.07, 6.45) is 0. The Morgan fingerprint density at radius 3 is 1.79 bits per heavy atom. The lowest BCUT2D eigenvalue weighted by Gasteiger charge is -2.12. The molecule has 0 amide bonds. The minimum absolute atomic E-state index is 0.926. The van der Waals surface area contributed by atoms with Crippen LogP contribution in [0, 0.1) is 0 Å². The Balaban J connectivity index is 1.13. The molecule has 244 valence electrons. The molecule has 4 heteroatoms. The van der Waals surface area contributed by atoms with E-state index in [1.165, 1.54) is 37.0 Å². The Hall–Kier alpha value is -6.62. The minimum atomic E-state index is 0.926. The van der Waals surface area contributed by atoms with Crippen molar-refractivity contribution >= 4 is 43.4 Å². The fourth-order valence-corrected chi connectivity index (χ4v) is 8.75. The lowest BCUT2D eigenvalue weighted by Crippen LogP contribution is -1.97. The van der Waals surface area contributed by atoms with E-state index in [9.17, 15) is 0 Å². The molecule has 0 spiro atoms. The molecule has 0 radical (unpaired) electrons. The largest absolute Gasteiger partial charge is 0.292 e. The Labute approximate surface area is 305 Å². The number of nitrogens with zero attached hydrogens (tertiary/aromatic N) is 3. The predicted molar refractivity (Wildman–Crippen MR) is 219 cm³/mol. The highest BCUT2D eigenvalue weighted by atomic mass is 32.1. The summed E-state index contributed by atoms with van der Waals surface area (Å²) in [6.45, 7) is 0. The number of pyridine rings is 1. The molecule has 52 heavy (non-hydrogen) atoms. The van der Waals surface area contributed by atoms with E-state index in [0.717, 1.165) is 56.0 Å². The number of fused-ring (bicyclic) bond motifs is 4. The zero-order valence-electron chi connectivity index (χ0n) is 28.1. The number of thiophene rings is 1. The standard InChI is InChI=1S/C48H31N3S/c1-4-15-33(16-5-1)43-44-45(49-40-24-11-10-23-39(40)47(44)52-46(43)34-17-6-2-7-18-34)37-20-14-19-36(31-37)32-27-29-35(30-28-32)48-50-41-25-12-13-26-42(41)51(48)38-21-8-3-9-22-38/h1-31H. The molecule has 0 aliphatic rings. The van der Waals surface area contributed by atoms with Gasteiger partial charge < -0.3 is 0 Å². The maximum Gasteiger partial charge on any atom is 0.145 e. The van der Waals surface area contributed by atoms with Crippen LogP contribution in [0.25, 0.3) is 93.0 Å². The van der Waals surface area contributed by atoms with Crippen LogP contribution in [0.4, 0.5) is 0 Å². The Morgan fingerprint density at radius 1 is 0.423 bits per heavy atom. The predicted octanol–water partition coefficient (Wildman–Crippen LogP) is 13.1. The quantitative estimate of drug-likeness (QED) is 0.175. The zero-order chi connectivity index (χ0) is 34.4. The third-order valence-electron chi connectivity index (χ3n) is 9.81. The fraction of sp³-hybridized carbons (Fsp3) is 0. The molecule has 7 aromatic carbocycles. The molecule has 3 nitrogen and oxygen atoms in total. The van der Waals surface area contributed by atoms with E-state index >= 15 is 0 Å². The van der Waals surface area contributed by atoms with Gasteiger partial charge in [-0.15, -0.1) is 11.3 Å². The summed E-state index contributed by atoms with van der Waals surface area (Å²) in [4.78, 5) is 11.8. The highest BCUT2D eigenvalue weighted by molar-refractivity contribution is 7.24. The lowest BCUT2D eigenvalue weighted by atomic mass is 9.94. The van der Waals surface area contributed by atoms with Crippen molar-refractivity contribution < 1.29 is 0 Å². The maximum absolute atomic E-state index is 5.41.